The molecular formula is C14H18N4O3S2. The van der Waals surface area contributed by atoms with Crippen LogP contribution in [-0.4, -0.2) is 44.1 Å². The maximum Gasteiger partial charge on any atom is 0.257 e. The highest BCUT2D eigenvalue weighted by atomic mass is 32.2. The van der Waals surface area contributed by atoms with Gasteiger partial charge in [-0.05, 0) is 24.8 Å². The molecule has 23 heavy (non-hydrogen) atoms. The van der Waals surface area contributed by atoms with Crippen LogP contribution in [0, 0.1) is 0 Å². The van der Waals surface area contributed by atoms with Crippen molar-refractivity contribution in [2.75, 3.05) is 24.6 Å². The quantitative estimate of drug-likeness (QED) is 0.846. The second kappa shape index (κ2) is 6.81. The summed E-state index contributed by atoms with van der Waals surface area (Å²) < 4.78 is 33.2. The van der Waals surface area contributed by atoms with Gasteiger partial charge in [0.25, 0.3) is 5.88 Å². The molecule has 2 aromatic heterocycles. The summed E-state index contributed by atoms with van der Waals surface area (Å²) in [4.78, 5) is 10.5. The summed E-state index contributed by atoms with van der Waals surface area (Å²) in [5, 5.41) is 1.75. The maximum atomic E-state index is 12.3. The van der Waals surface area contributed by atoms with Crippen molar-refractivity contribution in [1.29, 1.82) is 0 Å². The van der Waals surface area contributed by atoms with Crippen molar-refractivity contribution < 1.29 is 13.2 Å². The van der Waals surface area contributed by atoms with E-state index in [-0.39, 0.29) is 6.04 Å². The molecule has 0 unspecified atom stereocenters. The number of hydrogen-bond donors (Lipinski definition) is 1. The first-order chi connectivity index (χ1) is 11.1. The average molecular weight is 354 g/mol. The second-order valence-electron chi connectivity index (χ2n) is 5.10. The molecule has 9 heteroatoms. The predicted molar refractivity (Wildman–Crippen MR) is 88.5 cm³/mol. The molecule has 0 aliphatic carbocycles. The molecule has 3 rings (SSSR count). The normalized spacial score (nSPS) is 18.3. The number of anilines is 1. The van der Waals surface area contributed by atoms with Crippen molar-refractivity contribution in [1.82, 2.24) is 14.7 Å². The van der Waals surface area contributed by atoms with Gasteiger partial charge in [-0.1, -0.05) is 6.07 Å². The lowest BCUT2D eigenvalue weighted by Gasteiger charge is -2.19. The van der Waals surface area contributed by atoms with Gasteiger partial charge in [-0.3, -0.25) is 0 Å². The van der Waals surface area contributed by atoms with Gasteiger partial charge in [0.2, 0.25) is 10.0 Å². The number of aromatic nitrogens is 2. The van der Waals surface area contributed by atoms with Crippen LogP contribution in [0.15, 0.2) is 34.1 Å². The molecule has 1 fully saturated rings. The van der Waals surface area contributed by atoms with Crippen molar-refractivity contribution in [3.8, 4) is 5.88 Å². The van der Waals surface area contributed by atoms with Crippen molar-refractivity contribution in [2.24, 2.45) is 0 Å². The van der Waals surface area contributed by atoms with E-state index in [1.54, 1.807) is 29.9 Å². The van der Waals surface area contributed by atoms with Gasteiger partial charge in [0.15, 0.2) is 5.82 Å². The highest BCUT2D eigenvalue weighted by Gasteiger charge is 2.30. The summed E-state index contributed by atoms with van der Waals surface area (Å²) in [6.07, 6.45) is 3.91. The fourth-order valence-corrected chi connectivity index (χ4v) is 4.79. The van der Waals surface area contributed by atoms with Gasteiger partial charge in [-0.2, -0.15) is 0 Å². The molecule has 3 heterocycles. The fourth-order valence-electron chi connectivity index (χ4n) is 2.52. The van der Waals surface area contributed by atoms with E-state index in [1.807, 2.05) is 11.8 Å². The highest BCUT2D eigenvalue weighted by Crippen LogP contribution is 2.27. The molecule has 0 radical (unpaired) electrons. The SMILES string of the molecule is CCOc1nccnc1N1CC[C@@H](NS(=O)(=O)c2cccs2)C1. The van der Waals surface area contributed by atoms with Gasteiger partial charge in [0, 0.05) is 31.5 Å². The molecule has 124 valence electrons. The number of thiophene rings is 1. The van der Waals surface area contributed by atoms with Crippen molar-refractivity contribution in [2.45, 2.75) is 23.6 Å². The van der Waals surface area contributed by atoms with Crippen LogP contribution in [0.4, 0.5) is 5.82 Å². The summed E-state index contributed by atoms with van der Waals surface area (Å²) in [5.41, 5.74) is 0. The molecule has 1 atom stereocenters. The first-order valence-electron chi connectivity index (χ1n) is 7.34. The summed E-state index contributed by atoms with van der Waals surface area (Å²) in [7, 11) is -3.45. The topological polar surface area (TPSA) is 84.4 Å². The first-order valence-corrected chi connectivity index (χ1v) is 9.71. The Labute approximate surface area is 139 Å². The average Bonchev–Trinajstić information content (AvgIpc) is 3.19. The largest absolute Gasteiger partial charge is 0.475 e. The van der Waals surface area contributed by atoms with E-state index in [4.69, 9.17) is 4.74 Å². The molecule has 0 bridgehead atoms. The molecule has 0 aromatic carbocycles. The Morgan fingerprint density at radius 1 is 1.43 bits per heavy atom. The van der Waals surface area contributed by atoms with Crippen LogP contribution in [0.3, 0.4) is 0 Å². The Morgan fingerprint density at radius 2 is 2.26 bits per heavy atom. The Hall–Kier alpha value is -1.71. The maximum absolute atomic E-state index is 12.3. The lowest BCUT2D eigenvalue weighted by atomic mass is 10.3. The lowest BCUT2D eigenvalue weighted by molar-refractivity contribution is 0.326. The molecule has 1 aliphatic rings. The molecule has 7 nitrogen and oxygen atoms in total. The third kappa shape index (κ3) is 3.62. The third-order valence-electron chi connectivity index (χ3n) is 3.50. The fraction of sp³-hybridized carbons (Fsp3) is 0.429. The molecule has 1 saturated heterocycles. The van der Waals surface area contributed by atoms with E-state index in [9.17, 15) is 8.42 Å². The molecule has 0 spiro atoms. The van der Waals surface area contributed by atoms with Gasteiger partial charge in [0.05, 0.1) is 6.61 Å². The monoisotopic (exact) mass is 354 g/mol. The number of rotatable bonds is 6. The van der Waals surface area contributed by atoms with Gasteiger partial charge < -0.3 is 9.64 Å². The zero-order chi connectivity index (χ0) is 16.3. The van der Waals surface area contributed by atoms with Gasteiger partial charge in [-0.25, -0.2) is 23.1 Å². The molecule has 0 saturated carbocycles. The minimum Gasteiger partial charge on any atom is -0.475 e. The molecule has 1 N–H and O–H groups in total. The van der Waals surface area contributed by atoms with Gasteiger partial charge in [0.1, 0.15) is 4.21 Å². The molecule has 0 amide bonds. The number of sulfonamides is 1. The first kappa shape index (κ1) is 16.2. The zero-order valence-electron chi connectivity index (χ0n) is 12.7. The van der Waals surface area contributed by atoms with Crippen LogP contribution < -0.4 is 14.4 Å². The van der Waals surface area contributed by atoms with Crippen LogP contribution >= 0.6 is 11.3 Å². The smallest absolute Gasteiger partial charge is 0.257 e. The Morgan fingerprint density at radius 3 is 3.00 bits per heavy atom. The second-order valence-corrected chi connectivity index (χ2v) is 7.99. The van der Waals surface area contributed by atoms with E-state index in [0.29, 0.717) is 42.0 Å². The van der Waals surface area contributed by atoms with E-state index in [1.165, 1.54) is 11.3 Å². The number of nitrogens with zero attached hydrogens (tertiary/aromatic N) is 3. The van der Waals surface area contributed by atoms with Crippen LogP contribution in [0.5, 0.6) is 5.88 Å². The predicted octanol–water partition coefficient (Wildman–Crippen LogP) is 1.49. The highest BCUT2D eigenvalue weighted by molar-refractivity contribution is 7.91. The minimum absolute atomic E-state index is 0.154. The van der Waals surface area contributed by atoms with Crippen molar-refractivity contribution in [3.05, 3.63) is 29.9 Å². The van der Waals surface area contributed by atoms with Crippen molar-refractivity contribution >= 4 is 27.2 Å². The Balaban J connectivity index is 1.70. The summed E-state index contributed by atoms with van der Waals surface area (Å²) >= 11 is 1.21. The standard InChI is InChI=1S/C14H18N4O3S2/c1-2-21-14-13(15-6-7-16-14)18-8-5-11(10-18)17-23(19,20)12-4-3-9-22-12/h3-4,6-7,9,11,17H,2,5,8,10H2,1H3/t11-/m1/s1. The third-order valence-corrected chi connectivity index (χ3v) is 6.42. The summed E-state index contributed by atoms with van der Waals surface area (Å²) in [5.74, 6) is 1.14. The van der Waals surface area contributed by atoms with E-state index in [2.05, 4.69) is 14.7 Å². The molecule has 1 aliphatic heterocycles. The zero-order valence-corrected chi connectivity index (χ0v) is 14.3. The Bertz CT molecular complexity index is 749. The van der Waals surface area contributed by atoms with Crippen LogP contribution in [-0.2, 0) is 10.0 Å². The van der Waals surface area contributed by atoms with Crippen LogP contribution in [0.1, 0.15) is 13.3 Å². The molecular weight excluding hydrogens is 336 g/mol. The van der Waals surface area contributed by atoms with E-state index >= 15 is 0 Å². The molecule has 2 aromatic rings. The lowest BCUT2D eigenvalue weighted by Crippen LogP contribution is -2.37. The van der Waals surface area contributed by atoms with Crippen LogP contribution in [0.25, 0.3) is 0 Å². The van der Waals surface area contributed by atoms with E-state index < -0.39 is 10.0 Å². The summed E-state index contributed by atoms with van der Waals surface area (Å²) in [6.45, 7) is 3.65. The Kier molecular flexibility index (Phi) is 4.79. The van der Waals surface area contributed by atoms with Gasteiger partial charge >= 0.3 is 0 Å². The minimum atomic E-state index is -3.45. The van der Waals surface area contributed by atoms with Gasteiger partial charge in [-0.15, -0.1) is 11.3 Å². The summed E-state index contributed by atoms with van der Waals surface area (Å²) in [6, 6.07) is 3.18. The number of ether oxygens (including phenoxy) is 1. The van der Waals surface area contributed by atoms with E-state index in [0.717, 1.165) is 0 Å². The number of hydrogen-bond acceptors (Lipinski definition) is 7. The van der Waals surface area contributed by atoms with Crippen LogP contribution in [0.2, 0.25) is 0 Å². The van der Waals surface area contributed by atoms with Crippen molar-refractivity contribution in [3.63, 3.8) is 0 Å². The number of nitrogens with one attached hydrogen (secondary N) is 1.